The van der Waals surface area contributed by atoms with Crippen molar-refractivity contribution in [2.24, 2.45) is 0 Å². The molecule has 3 atom stereocenters. The molecule has 2 aliphatic heterocycles. The first kappa shape index (κ1) is 15.9. The molecule has 6 heteroatoms. The van der Waals surface area contributed by atoms with E-state index in [1.165, 1.54) is 7.11 Å². The second-order valence-corrected chi connectivity index (χ2v) is 6.16. The molecule has 0 bridgehead atoms. The van der Waals surface area contributed by atoms with Crippen molar-refractivity contribution in [3.63, 3.8) is 0 Å². The maximum Gasteiger partial charge on any atom is 0.362 e. The normalized spacial score (nSPS) is 24.7. The summed E-state index contributed by atoms with van der Waals surface area (Å²) < 4.78 is 15.8. The Morgan fingerprint density at radius 3 is 2.72 bits per heavy atom. The van der Waals surface area contributed by atoms with E-state index in [-0.39, 0.29) is 12.8 Å². The average molecular weight is 341 g/mol. The van der Waals surface area contributed by atoms with Crippen molar-refractivity contribution in [1.82, 2.24) is 5.06 Å². The van der Waals surface area contributed by atoms with Crippen molar-refractivity contribution in [3.8, 4) is 11.5 Å². The van der Waals surface area contributed by atoms with Gasteiger partial charge in [0.15, 0.2) is 11.5 Å². The molecule has 0 amide bonds. The lowest BCUT2D eigenvalue weighted by Crippen LogP contribution is -2.30. The van der Waals surface area contributed by atoms with E-state index < -0.39 is 11.7 Å². The lowest BCUT2D eigenvalue weighted by atomic mass is 9.98. The van der Waals surface area contributed by atoms with Crippen LogP contribution in [0.25, 0.3) is 0 Å². The summed E-state index contributed by atoms with van der Waals surface area (Å²) in [6, 6.07) is 13.2. The van der Waals surface area contributed by atoms with E-state index >= 15 is 0 Å². The van der Waals surface area contributed by atoms with Crippen molar-refractivity contribution < 1.29 is 23.8 Å². The van der Waals surface area contributed by atoms with Gasteiger partial charge in [-0.2, -0.15) is 0 Å². The van der Waals surface area contributed by atoms with Gasteiger partial charge in [0.25, 0.3) is 5.72 Å². The van der Waals surface area contributed by atoms with Crippen molar-refractivity contribution in [2.75, 3.05) is 13.9 Å². The van der Waals surface area contributed by atoms with Gasteiger partial charge in [0.2, 0.25) is 6.79 Å². The first-order chi connectivity index (χ1) is 12.1. The maximum absolute atomic E-state index is 12.5. The number of ether oxygens (including phenoxy) is 3. The molecule has 0 aliphatic carbocycles. The molecule has 2 aromatic carbocycles. The van der Waals surface area contributed by atoms with Crippen molar-refractivity contribution in [1.29, 1.82) is 0 Å². The number of aryl methyl sites for hydroxylation is 1. The van der Waals surface area contributed by atoms with Gasteiger partial charge in [0.1, 0.15) is 0 Å². The quantitative estimate of drug-likeness (QED) is 0.629. The second-order valence-electron chi connectivity index (χ2n) is 6.16. The van der Waals surface area contributed by atoms with Crippen LogP contribution in [0.3, 0.4) is 0 Å². The van der Waals surface area contributed by atoms with Gasteiger partial charge in [-0.1, -0.05) is 30.3 Å². The Labute approximate surface area is 145 Å². The number of carbonyl (C=O) groups excluding carboxylic acids is 1. The molecule has 2 aliphatic rings. The average Bonchev–Trinajstić information content (AvgIpc) is 3.21. The zero-order valence-electron chi connectivity index (χ0n) is 14.3. The maximum atomic E-state index is 12.5. The molecule has 0 radical (unpaired) electrons. The molecular weight excluding hydrogens is 322 g/mol. The lowest BCUT2D eigenvalue weighted by Gasteiger charge is -2.17. The van der Waals surface area contributed by atoms with E-state index in [0.717, 1.165) is 22.4 Å². The number of hydrogen-bond acceptors (Lipinski definition) is 6. The number of carbonyl (C=O) groups is 1. The largest absolute Gasteiger partial charge is 0.465 e. The van der Waals surface area contributed by atoms with E-state index in [4.69, 9.17) is 19.0 Å². The smallest absolute Gasteiger partial charge is 0.362 e. The monoisotopic (exact) mass is 341 g/mol. The zero-order valence-corrected chi connectivity index (χ0v) is 14.3. The Morgan fingerprint density at radius 2 is 1.96 bits per heavy atom. The highest BCUT2D eigenvalue weighted by molar-refractivity contribution is 5.83. The molecule has 1 fully saturated rings. The third-order valence-corrected chi connectivity index (χ3v) is 4.71. The van der Waals surface area contributed by atoms with Crippen LogP contribution in [0.4, 0.5) is 0 Å². The van der Waals surface area contributed by atoms with Crippen LogP contribution in [0.15, 0.2) is 42.5 Å². The summed E-state index contributed by atoms with van der Waals surface area (Å²) in [7, 11) is 1.37. The Bertz CT molecular complexity index is 836. The minimum absolute atomic E-state index is 0.173. The zero-order chi connectivity index (χ0) is 17.6. The molecule has 2 aromatic rings. The summed E-state index contributed by atoms with van der Waals surface area (Å²) in [6.45, 7) is 4.15. The van der Waals surface area contributed by atoms with Gasteiger partial charge in [-0.25, -0.2) is 4.79 Å². The number of esters is 1. The molecule has 130 valence electrons. The molecule has 0 spiro atoms. The number of fused-ring (bicyclic) bond motifs is 1. The van der Waals surface area contributed by atoms with Crippen molar-refractivity contribution >= 4 is 5.97 Å². The van der Waals surface area contributed by atoms with E-state index in [9.17, 15) is 4.79 Å². The minimum atomic E-state index is -1.21. The van der Waals surface area contributed by atoms with Crippen molar-refractivity contribution in [2.45, 2.75) is 25.6 Å². The fraction of sp³-hybridized carbons (Fsp3) is 0.316. The van der Waals surface area contributed by atoms with Crippen LogP contribution in [-0.2, 0) is 20.1 Å². The highest BCUT2D eigenvalue weighted by Gasteiger charge is 2.66. The Balaban J connectivity index is 1.69. The second kappa shape index (κ2) is 5.75. The Hall–Kier alpha value is -2.57. The Kier molecular flexibility index (Phi) is 3.67. The summed E-state index contributed by atoms with van der Waals surface area (Å²) >= 11 is 0. The topological polar surface area (TPSA) is 60.3 Å². The molecule has 6 nitrogen and oxygen atoms in total. The Morgan fingerprint density at radius 1 is 1.20 bits per heavy atom. The third-order valence-electron chi connectivity index (χ3n) is 4.71. The van der Waals surface area contributed by atoms with E-state index in [2.05, 4.69) is 0 Å². The van der Waals surface area contributed by atoms with Gasteiger partial charge >= 0.3 is 5.97 Å². The van der Waals surface area contributed by atoms with Crippen LogP contribution in [0, 0.1) is 6.92 Å². The van der Waals surface area contributed by atoms with Crippen molar-refractivity contribution in [3.05, 3.63) is 59.2 Å². The summed E-state index contributed by atoms with van der Waals surface area (Å²) in [5.41, 5.74) is 1.50. The summed E-state index contributed by atoms with van der Waals surface area (Å²) in [5, 5.41) is 1.67. The molecule has 3 unspecified atom stereocenters. The predicted molar refractivity (Wildman–Crippen MR) is 88.8 cm³/mol. The van der Waals surface area contributed by atoms with Crippen LogP contribution in [0.2, 0.25) is 0 Å². The summed E-state index contributed by atoms with van der Waals surface area (Å²) in [5.74, 6) is 0.987. The first-order valence-electron chi connectivity index (χ1n) is 8.10. The van der Waals surface area contributed by atoms with Gasteiger partial charge in [-0.15, -0.1) is 5.06 Å². The summed E-state index contributed by atoms with van der Waals surface area (Å²) in [4.78, 5) is 18.4. The van der Waals surface area contributed by atoms with E-state index in [1.807, 2.05) is 56.3 Å². The highest BCUT2D eigenvalue weighted by atomic mass is 16.9. The van der Waals surface area contributed by atoms with Gasteiger partial charge in [0.05, 0.1) is 13.2 Å². The van der Waals surface area contributed by atoms with Crippen LogP contribution in [0.1, 0.15) is 29.7 Å². The fourth-order valence-corrected chi connectivity index (χ4v) is 3.28. The number of methoxy groups -OCH3 is 1. The van der Waals surface area contributed by atoms with E-state index in [1.54, 1.807) is 5.06 Å². The van der Waals surface area contributed by atoms with Crippen LogP contribution < -0.4 is 9.47 Å². The molecule has 1 saturated heterocycles. The van der Waals surface area contributed by atoms with E-state index in [0.29, 0.717) is 5.75 Å². The number of rotatable bonds is 4. The number of benzene rings is 2. The van der Waals surface area contributed by atoms with Gasteiger partial charge in [-0.3, -0.25) is 4.84 Å². The fourth-order valence-electron chi connectivity index (χ4n) is 3.28. The van der Waals surface area contributed by atoms with Crippen LogP contribution in [-0.4, -0.2) is 24.9 Å². The van der Waals surface area contributed by atoms with Crippen LogP contribution in [0.5, 0.6) is 11.5 Å². The van der Waals surface area contributed by atoms with Crippen LogP contribution >= 0.6 is 0 Å². The van der Waals surface area contributed by atoms with Gasteiger partial charge < -0.3 is 14.2 Å². The molecule has 0 aromatic heterocycles. The molecule has 25 heavy (non-hydrogen) atoms. The minimum Gasteiger partial charge on any atom is -0.465 e. The summed E-state index contributed by atoms with van der Waals surface area (Å²) in [6.07, 6.45) is 0. The van der Waals surface area contributed by atoms with Gasteiger partial charge in [0, 0.05) is 5.56 Å². The number of nitrogens with zero attached hydrogens (tertiary/aromatic N) is 1. The SMILES string of the molecule is COC(=O)C1(c2ccccc2C)ON1C(C)c1ccc2c(c1)OCO2. The predicted octanol–water partition coefficient (Wildman–Crippen LogP) is 3.06. The van der Waals surface area contributed by atoms with Gasteiger partial charge in [-0.05, 0) is 37.1 Å². The molecule has 0 saturated carbocycles. The first-order valence-corrected chi connectivity index (χ1v) is 8.10. The molecular formula is C19H19NO5. The number of hydrogen-bond donors (Lipinski definition) is 0. The standard InChI is InChI=1S/C19H19NO5/c1-12-6-4-5-7-15(12)19(18(21)22-3)20(25-19)13(2)14-8-9-16-17(10-14)24-11-23-16/h4-10,13H,11H2,1-3H3. The molecule has 4 rings (SSSR count). The lowest BCUT2D eigenvalue weighted by molar-refractivity contribution is -0.147. The highest BCUT2D eigenvalue weighted by Crippen LogP contribution is 2.52. The molecule has 0 N–H and O–H groups in total. The molecule has 2 heterocycles. The number of hydroxylamine groups is 2. The third kappa shape index (κ3) is 2.37.